The predicted octanol–water partition coefficient (Wildman–Crippen LogP) is 1.42. The van der Waals surface area contributed by atoms with Gasteiger partial charge in [-0.05, 0) is 25.5 Å². The molecule has 0 aliphatic carbocycles. The van der Waals surface area contributed by atoms with E-state index in [9.17, 15) is 4.79 Å². The Morgan fingerprint density at radius 2 is 2.00 bits per heavy atom. The van der Waals surface area contributed by atoms with Crippen molar-refractivity contribution in [2.75, 3.05) is 32.7 Å². The highest BCUT2D eigenvalue weighted by Gasteiger charge is 2.25. The summed E-state index contributed by atoms with van der Waals surface area (Å²) in [5.74, 6) is 2.89. The van der Waals surface area contributed by atoms with E-state index in [2.05, 4.69) is 27.3 Å². The standard InChI is InChI=1S/C19H29N7O2/c1-4-5-8-20-19(21-14-17-23-22-15(2)24(17)3)26-11-9-25(10-12-26)18(27)16-7-6-13-28-16/h6-7,13H,4-5,8-12,14H2,1-3H3,(H,20,21). The van der Waals surface area contributed by atoms with Crippen LogP contribution >= 0.6 is 0 Å². The molecule has 1 aliphatic heterocycles. The monoisotopic (exact) mass is 387 g/mol. The number of unbranched alkanes of at least 4 members (excludes halogenated alkanes) is 1. The average Bonchev–Trinajstić information content (AvgIpc) is 3.36. The topological polar surface area (TPSA) is 91.8 Å². The quantitative estimate of drug-likeness (QED) is 0.458. The molecule has 1 N–H and O–H groups in total. The molecule has 0 radical (unpaired) electrons. The fourth-order valence-corrected chi connectivity index (χ4v) is 3.06. The first-order valence-electron chi connectivity index (χ1n) is 9.81. The zero-order chi connectivity index (χ0) is 19.9. The van der Waals surface area contributed by atoms with Crippen molar-refractivity contribution < 1.29 is 9.21 Å². The summed E-state index contributed by atoms with van der Waals surface area (Å²) in [7, 11) is 1.95. The molecule has 9 heteroatoms. The number of nitrogens with one attached hydrogen (secondary N) is 1. The number of aryl methyl sites for hydroxylation is 1. The summed E-state index contributed by atoms with van der Waals surface area (Å²) in [4.78, 5) is 21.2. The number of piperazine rings is 1. The highest BCUT2D eigenvalue weighted by molar-refractivity contribution is 5.91. The van der Waals surface area contributed by atoms with Crippen LogP contribution in [-0.2, 0) is 13.6 Å². The Kier molecular flexibility index (Phi) is 6.67. The van der Waals surface area contributed by atoms with Gasteiger partial charge >= 0.3 is 0 Å². The lowest BCUT2D eigenvalue weighted by Gasteiger charge is -2.36. The maximum atomic E-state index is 12.4. The zero-order valence-corrected chi connectivity index (χ0v) is 16.9. The Hall–Kier alpha value is -2.84. The first-order chi connectivity index (χ1) is 13.6. The van der Waals surface area contributed by atoms with Gasteiger partial charge in [-0.25, -0.2) is 4.99 Å². The maximum absolute atomic E-state index is 12.4. The van der Waals surface area contributed by atoms with E-state index < -0.39 is 0 Å². The minimum absolute atomic E-state index is 0.0587. The van der Waals surface area contributed by atoms with E-state index in [4.69, 9.17) is 9.41 Å². The van der Waals surface area contributed by atoms with Gasteiger partial charge in [-0.15, -0.1) is 10.2 Å². The van der Waals surface area contributed by atoms with Crippen LogP contribution in [0.2, 0.25) is 0 Å². The summed E-state index contributed by atoms with van der Waals surface area (Å²) in [6.07, 6.45) is 3.73. The largest absolute Gasteiger partial charge is 0.459 e. The van der Waals surface area contributed by atoms with E-state index in [0.717, 1.165) is 50.1 Å². The van der Waals surface area contributed by atoms with Crippen LogP contribution in [0.25, 0.3) is 0 Å². The van der Waals surface area contributed by atoms with Gasteiger partial charge < -0.3 is 24.1 Å². The van der Waals surface area contributed by atoms with Crippen molar-refractivity contribution >= 4 is 11.9 Å². The van der Waals surface area contributed by atoms with Crippen molar-refractivity contribution in [1.29, 1.82) is 0 Å². The van der Waals surface area contributed by atoms with Crippen LogP contribution < -0.4 is 5.32 Å². The molecule has 3 heterocycles. The summed E-state index contributed by atoms with van der Waals surface area (Å²) < 4.78 is 7.18. The molecule has 152 valence electrons. The summed E-state index contributed by atoms with van der Waals surface area (Å²) >= 11 is 0. The van der Waals surface area contributed by atoms with E-state index >= 15 is 0 Å². The normalized spacial score (nSPS) is 15.2. The molecule has 0 unspecified atom stereocenters. The van der Waals surface area contributed by atoms with Crippen LogP contribution in [0, 0.1) is 6.92 Å². The van der Waals surface area contributed by atoms with Crippen molar-refractivity contribution in [1.82, 2.24) is 29.9 Å². The van der Waals surface area contributed by atoms with E-state index in [1.165, 1.54) is 6.26 Å². The molecule has 1 amide bonds. The van der Waals surface area contributed by atoms with Crippen LogP contribution in [0.3, 0.4) is 0 Å². The van der Waals surface area contributed by atoms with Crippen molar-refractivity contribution in [2.45, 2.75) is 33.2 Å². The number of carbonyl (C=O) groups excluding carboxylic acids is 1. The average molecular weight is 387 g/mol. The van der Waals surface area contributed by atoms with Gasteiger partial charge in [-0.2, -0.15) is 0 Å². The number of aromatic nitrogens is 3. The molecule has 0 spiro atoms. The van der Waals surface area contributed by atoms with Crippen LogP contribution in [0.15, 0.2) is 27.8 Å². The second kappa shape index (κ2) is 9.38. The number of furan rings is 1. The number of hydrogen-bond donors (Lipinski definition) is 1. The number of carbonyl (C=O) groups is 1. The SMILES string of the molecule is CCCCNC(=NCc1nnc(C)n1C)N1CCN(C(=O)c2ccco2)CC1. The van der Waals surface area contributed by atoms with Gasteiger partial charge in [0.2, 0.25) is 0 Å². The van der Waals surface area contributed by atoms with Crippen LogP contribution in [0.1, 0.15) is 42.0 Å². The summed E-state index contributed by atoms with van der Waals surface area (Å²) in [5.41, 5.74) is 0. The number of nitrogens with zero attached hydrogens (tertiary/aromatic N) is 6. The fourth-order valence-electron chi connectivity index (χ4n) is 3.06. The van der Waals surface area contributed by atoms with Gasteiger partial charge in [-0.1, -0.05) is 13.3 Å². The van der Waals surface area contributed by atoms with Gasteiger partial charge in [-0.3, -0.25) is 4.79 Å². The number of guanidine groups is 1. The zero-order valence-electron chi connectivity index (χ0n) is 16.9. The summed E-state index contributed by atoms with van der Waals surface area (Å²) in [6.45, 7) is 8.16. The van der Waals surface area contributed by atoms with Crippen LogP contribution in [-0.4, -0.2) is 69.2 Å². The van der Waals surface area contributed by atoms with E-state index in [0.29, 0.717) is 25.4 Å². The van der Waals surface area contributed by atoms with Crippen molar-refractivity contribution in [3.8, 4) is 0 Å². The molecule has 1 saturated heterocycles. The third-order valence-corrected chi connectivity index (χ3v) is 4.96. The minimum Gasteiger partial charge on any atom is -0.459 e. The van der Waals surface area contributed by atoms with Gasteiger partial charge in [0, 0.05) is 39.8 Å². The van der Waals surface area contributed by atoms with E-state index in [-0.39, 0.29) is 5.91 Å². The predicted molar refractivity (Wildman–Crippen MR) is 106 cm³/mol. The van der Waals surface area contributed by atoms with Crippen LogP contribution in [0.4, 0.5) is 0 Å². The second-order valence-corrected chi connectivity index (χ2v) is 6.90. The fraction of sp³-hybridized carbons (Fsp3) is 0.579. The third kappa shape index (κ3) is 4.71. The molecule has 2 aromatic heterocycles. The van der Waals surface area contributed by atoms with Crippen molar-refractivity contribution in [3.05, 3.63) is 35.8 Å². The van der Waals surface area contributed by atoms with E-state index in [1.54, 1.807) is 12.1 Å². The first kappa shape index (κ1) is 19.9. The van der Waals surface area contributed by atoms with Gasteiger partial charge in [0.05, 0.1) is 6.26 Å². The number of aliphatic imine (C=N–C) groups is 1. The lowest BCUT2D eigenvalue weighted by atomic mass is 10.3. The molecule has 0 saturated carbocycles. The summed E-state index contributed by atoms with van der Waals surface area (Å²) in [6, 6.07) is 3.44. The molecule has 1 fully saturated rings. The molecule has 1 aliphatic rings. The van der Waals surface area contributed by atoms with Crippen LogP contribution in [0.5, 0.6) is 0 Å². The third-order valence-electron chi connectivity index (χ3n) is 4.96. The Balaban J connectivity index is 1.63. The molecular formula is C19H29N7O2. The Labute approximate surface area is 165 Å². The Morgan fingerprint density at radius 3 is 2.61 bits per heavy atom. The lowest BCUT2D eigenvalue weighted by Crippen LogP contribution is -2.53. The highest BCUT2D eigenvalue weighted by atomic mass is 16.3. The Morgan fingerprint density at radius 1 is 1.25 bits per heavy atom. The molecule has 0 atom stereocenters. The molecule has 0 bridgehead atoms. The Bertz CT molecular complexity index is 789. The van der Waals surface area contributed by atoms with Gasteiger partial charge in [0.1, 0.15) is 12.4 Å². The first-order valence-corrected chi connectivity index (χ1v) is 9.81. The van der Waals surface area contributed by atoms with Gasteiger partial charge in [0.25, 0.3) is 5.91 Å². The molecule has 28 heavy (non-hydrogen) atoms. The van der Waals surface area contributed by atoms with Crippen molar-refractivity contribution in [3.63, 3.8) is 0 Å². The molecular weight excluding hydrogens is 358 g/mol. The molecule has 0 aromatic carbocycles. The smallest absolute Gasteiger partial charge is 0.289 e. The number of rotatable bonds is 6. The molecule has 3 rings (SSSR count). The number of amides is 1. The molecule has 9 nitrogen and oxygen atoms in total. The number of hydrogen-bond acceptors (Lipinski definition) is 5. The maximum Gasteiger partial charge on any atom is 0.289 e. The summed E-state index contributed by atoms with van der Waals surface area (Å²) in [5, 5.41) is 11.7. The van der Waals surface area contributed by atoms with Gasteiger partial charge in [0.15, 0.2) is 17.5 Å². The van der Waals surface area contributed by atoms with E-state index in [1.807, 2.05) is 23.4 Å². The second-order valence-electron chi connectivity index (χ2n) is 6.90. The van der Waals surface area contributed by atoms with Crippen molar-refractivity contribution in [2.24, 2.45) is 12.0 Å². The molecule has 2 aromatic rings. The lowest BCUT2D eigenvalue weighted by molar-refractivity contribution is 0.0657. The minimum atomic E-state index is -0.0587. The highest BCUT2D eigenvalue weighted by Crippen LogP contribution is 2.10.